The number of rotatable bonds is 5. The Morgan fingerprint density at radius 3 is 2.45 bits per heavy atom. The highest BCUT2D eigenvalue weighted by Crippen LogP contribution is 2.21. The van der Waals surface area contributed by atoms with Gasteiger partial charge in [0.15, 0.2) is 0 Å². The van der Waals surface area contributed by atoms with Gasteiger partial charge in [-0.1, -0.05) is 13.8 Å². The number of hydrogen-bond acceptors (Lipinski definition) is 4. The lowest BCUT2D eigenvalue weighted by molar-refractivity contribution is 0.197. The second kappa shape index (κ2) is 5.75. The fraction of sp³-hybridized carbons (Fsp3) is 0.643. The third kappa shape index (κ3) is 2.90. The summed E-state index contributed by atoms with van der Waals surface area (Å²) in [5, 5.41) is 18.6. The zero-order valence-corrected chi connectivity index (χ0v) is 12.8. The molecule has 6 nitrogen and oxygen atoms in total. The van der Waals surface area contributed by atoms with Crippen LogP contribution >= 0.6 is 0 Å². The maximum absolute atomic E-state index is 9.81. The smallest absolute Gasteiger partial charge is 0.148 e. The first-order chi connectivity index (χ1) is 9.40. The Labute approximate surface area is 119 Å². The molecule has 6 heteroatoms. The molecular formula is C14H23N5O. The van der Waals surface area contributed by atoms with Crippen LogP contribution in [0.15, 0.2) is 6.33 Å². The van der Waals surface area contributed by atoms with Crippen molar-refractivity contribution < 1.29 is 5.11 Å². The molecule has 2 heterocycles. The number of aliphatic hydroxyl groups is 1. The van der Waals surface area contributed by atoms with Gasteiger partial charge in [-0.15, -0.1) is 0 Å². The van der Waals surface area contributed by atoms with Gasteiger partial charge in [-0.05, 0) is 26.7 Å². The molecule has 110 valence electrons. The van der Waals surface area contributed by atoms with Gasteiger partial charge in [0.25, 0.3) is 0 Å². The monoisotopic (exact) mass is 277 g/mol. The molecule has 2 aromatic heterocycles. The van der Waals surface area contributed by atoms with E-state index < -0.39 is 6.10 Å². The van der Waals surface area contributed by atoms with Crippen molar-refractivity contribution in [3.05, 3.63) is 29.1 Å². The zero-order chi connectivity index (χ0) is 14.9. The molecule has 0 spiro atoms. The second-order valence-electron chi connectivity index (χ2n) is 5.67. The number of hydrogen-bond donors (Lipinski definition) is 1. The Morgan fingerprint density at radius 2 is 1.90 bits per heavy atom. The highest BCUT2D eigenvalue weighted by atomic mass is 16.3. The van der Waals surface area contributed by atoms with Crippen molar-refractivity contribution in [1.82, 2.24) is 24.5 Å². The molecule has 20 heavy (non-hydrogen) atoms. The van der Waals surface area contributed by atoms with E-state index in [1.807, 2.05) is 23.2 Å². The molecule has 0 radical (unpaired) electrons. The summed E-state index contributed by atoms with van der Waals surface area (Å²) in [6.07, 6.45) is 1.08. The van der Waals surface area contributed by atoms with E-state index in [9.17, 15) is 5.11 Å². The van der Waals surface area contributed by atoms with Crippen LogP contribution < -0.4 is 0 Å². The first kappa shape index (κ1) is 14.7. The van der Waals surface area contributed by atoms with Crippen LogP contribution in [0.2, 0.25) is 0 Å². The van der Waals surface area contributed by atoms with Crippen molar-refractivity contribution in [3.63, 3.8) is 0 Å². The predicted octanol–water partition coefficient (Wildman–Crippen LogP) is 1.85. The first-order valence-electron chi connectivity index (χ1n) is 6.98. The van der Waals surface area contributed by atoms with Gasteiger partial charge >= 0.3 is 0 Å². The van der Waals surface area contributed by atoms with Crippen LogP contribution in [-0.4, -0.2) is 29.7 Å². The molecule has 2 rings (SSSR count). The number of aromatic nitrogens is 5. The van der Waals surface area contributed by atoms with E-state index in [0.29, 0.717) is 12.5 Å². The topological polar surface area (TPSA) is 68.8 Å². The largest absolute Gasteiger partial charge is 0.389 e. The molecule has 0 aromatic carbocycles. The summed E-state index contributed by atoms with van der Waals surface area (Å²) in [7, 11) is 0. The lowest BCUT2D eigenvalue weighted by atomic mass is 10.1. The summed E-state index contributed by atoms with van der Waals surface area (Å²) in [6, 6.07) is 0. The van der Waals surface area contributed by atoms with E-state index in [2.05, 4.69) is 29.0 Å². The molecule has 0 amide bonds. The molecular weight excluding hydrogens is 254 g/mol. The average Bonchev–Trinajstić information content (AvgIpc) is 2.85. The highest BCUT2D eigenvalue weighted by molar-refractivity contribution is 5.26. The van der Waals surface area contributed by atoms with Crippen LogP contribution in [0.3, 0.4) is 0 Å². The van der Waals surface area contributed by atoms with Crippen molar-refractivity contribution >= 4 is 0 Å². The van der Waals surface area contributed by atoms with E-state index in [0.717, 1.165) is 29.3 Å². The zero-order valence-electron chi connectivity index (χ0n) is 12.8. The molecule has 0 aliphatic heterocycles. The highest BCUT2D eigenvalue weighted by Gasteiger charge is 2.17. The molecule has 1 unspecified atom stereocenters. The lowest BCUT2D eigenvalue weighted by Gasteiger charge is -2.10. The Bertz CT molecular complexity index is 582. The average molecular weight is 277 g/mol. The van der Waals surface area contributed by atoms with Gasteiger partial charge in [0.05, 0.1) is 11.8 Å². The normalized spacial score (nSPS) is 13.2. The van der Waals surface area contributed by atoms with Crippen LogP contribution in [0.1, 0.15) is 49.7 Å². The van der Waals surface area contributed by atoms with Crippen molar-refractivity contribution in [1.29, 1.82) is 0 Å². The van der Waals surface area contributed by atoms with Gasteiger partial charge < -0.3 is 5.11 Å². The Kier molecular flexibility index (Phi) is 4.23. The fourth-order valence-electron chi connectivity index (χ4n) is 2.51. The molecule has 0 saturated carbocycles. The molecule has 0 aliphatic carbocycles. The summed E-state index contributed by atoms with van der Waals surface area (Å²) in [6.45, 7) is 11.4. The van der Waals surface area contributed by atoms with Crippen LogP contribution in [0.4, 0.5) is 0 Å². The quantitative estimate of drug-likeness (QED) is 0.905. The maximum Gasteiger partial charge on any atom is 0.148 e. The number of aryl methyl sites for hydroxylation is 1. The van der Waals surface area contributed by atoms with E-state index in [4.69, 9.17) is 0 Å². The van der Waals surface area contributed by atoms with Crippen LogP contribution in [0.25, 0.3) is 0 Å². The first-order valence-corrected chi connectivity index (χ1v) is 6.98. The number of nitrogens with zero attached hydrogens (tertiary/aromatic N) is 5. The van der Waals surface area contributed by atoms with Gasteiger partial charge in [-0.2, -0.15) is 10.2 Å². The summed E-state index contributed by atoms with van der Waals surface area (Å²) in [4.78, 5) is 4.32. The molecule has 1 N–H and O–H groups in total. The molecule has 0 bridgehead atoms. The van der Waals surface area contributed by atoms with Gasteiger partial charge in [0.2, 0.25) is 0 Å². The van der Waals surface area contributed by atoms with Crippen LogP contribution in [0, 0.1) is 19.8 Å². The number of aliphatic hydroxyl groups excluding tert-OH is 1. The Morgan fingerprint density at radius 1 is 1.20 bits per heavy atom. The minimum atomic E-state index is -0.503. The maximum atomic E-state index is 9.81. The van der Waals surface area contributed by atoms with Gasteiger partial charge in [0, 0.05) is 17.8 Å². The van der Waals surface area contributed by atoms with E-state index in [1.54, 1.807) is 13.3 Å². The van der Waals surface area contributed by atoms with E-state index >= 15 is 0 Å². The van der Waals surface area contributed by atoms with Gasteiger partial charge in [-0.3, -0.25) is 4.68 Å². The standard InChI is InChI=1S/C14H23N5O/c1-9(2)6-19-13(15-8-16-19)7-18-11(4)14(12(5)20)10(3)17-18/h8-9,12,20H,6-7H2,1-5H3. The minimum absolute atomic E-state index is 0.503. The summed E-state index contributed by atoms with van der Waals surface area (Å²) in [5.41, 5.74) is 2.75. The molecule has 0 saturated heterocycles. The second-order valence-corrected chi connectivity index (χ2v) is 5.67. The van der Waals surface area contributed by atoms with E-state index in [1.165, 1.54) is 0 Å². The van der Waals surface area contributed by atoms with Crippen molar-refractivity contribution in [2.75, 3.05) is 0 Å². The Hall–Kier alpha value is -1.69. The lowest BCUT2D eigenvalue weighted by Crippen LogP contribution is -2.14. The predicted molar refractivity (Wildman–Crippen MR) is 76.3 cm³/mol. The Balaban J connectivity index is 2.27. The van der Waals surface area contributed by atoms with Crippen LogP contribution in [0.5, 0.6) is 0 Å². The third-order valence-electron chi connectivity index (χ3n) is 3.38. The summed E-state index contributed by atoms with van der Waals surface area (Å²) >= 11 is 0. The molecule has 0 fully saturated rings. The SMILES string of the molecule is Cc1nn(Cc2ncnn2CC(C)C)c(C)c1C(C)O. The third-order valence-corrected chi connectivity index (χ3v) is 3.38. The molecule has 0 aliphatic rings. The van der Waals surface area contributed by atoms with Gasteiger partial charge in [-0.25, -0.2) is 9.67 Å². The van der Waals surface area contributed by atoms with Crippen LogP contribution in [-0.2, 0) is 13.1 Å². The summed E-state index contributed by atoms with van der Waals surface area (Å²) < 4.78 is 3.81. The summed E-state index contributed by atoms with van der Waals surface area (Å²) in [5.74, 6) is 1.41. The fourth-order valence-corrected chi connectivity index (χ4v) is 2.51. The van der Waals surface area contributed by atoms with Crippen molar-refractivity contribution in [2.24, 2.45) is 5.92 Å². The van der Waals surface area contributed by atoms with E-state index in [-0.39, 0.29) is 0 Å². The van der Waals surface area contributed by atoms with Gasteiger partial charge in [0.1, 0.15) is 18.7 Å². The van der Waals surface area contributed by atoms with Crippen molar-refractivity contribution in [3.8, 4) is 0 Å². The molecule has 2 aromatic rings. The van der Waals surface area contributed by atoms with Crippen molar-refractivity contribution in [2.45, 2.75) is 53.8 Å². The molecule has 1 atom stereocenters. The minimum Gasteiger partial charge on any atom is -0.389 e.